The fraction of sp³-hybridized carbons (Fsp3) is 0.471. The van der Waals surface area contributed by atoms with Crippen molar-refractivity contribution in [1.82, 2.24) is 10.2 Å². The quantitative estimate of drug-likeness (QED) is 0.943. The Morgan fingerprint density at radius 1 is 1.38 bits per heavy atom. The molecule has 1 fully saturated rings. The Morgan fingerprint density at radius 2 is 2.14 bits per heavy atom. The fourth-order valence-corrected chi connectivity index (χ4v) is 2.99. The van der Waals surface area contributed by atoms with Gasteiger partial charge in [0.1, 0.15) is 11.3 Å². The van der Waals surface area contributed by atoms with Crippen molar-refractivity contribution in [2.75, 3.05) is 20.1 Å². The molecule has 1 aromatic heterocycles. The highest BCUT2D eigenvalue weighted by molar-refractivity contribution is 5.81. The maximum Gasteiger partial charge on any atom is 0.227 e. The van der Waals surface area contributed by atoms with Crippen LogP contribution in [0.4, 0.5) is 0 Å². The van der Waals surface area contributed by atoms with E-state index in [0.717, 1.165) is 29.8 Å². The van der Waals surface area contributed by atoms with Gasteiger partial charge in [-0.3, -0.25) is 4.79 Å². The average Bonchev–Trinajstić information content (AvgIpc) is 3.10. The third-order valence-corrected chi connectivity index (χ3v) is 4.62. The van der Waals surface area contributed by atoms with Crippen LogP contribution < -0.4 is 5.32 Å². The second-order valence-electron chi connectivity index (χ2n) is 6.05. The highest BCUT2D eigenvalue weighted by Gasteiger charge is 2.33. The van der Waals surface area contributed by atoms with Gasteiger partial charge in [-0.25, -0.2) is 0 Å². The van der Waals surface area contributed by atoms with Crippen LogP contribution >= 0.6 is 0 Å². The lowest BCUT2D eigenvalue weighted by molar-refractivity contribution is -0.136. The summed E-state index contributed by atoms with van der Waals surface area (Å²) in [6.45, 7) is 5.84. The molecule has 0 saturated carbocycles. The molecule has 1 aliphatic heterocycles. The molecule has 0 bridgehead atoms. The zero-order chi connectivity index (χ0) is 15.0. The van der Waals surface area contributed by atoms with Crippen molar-refractivity contribution in [1.29, 1.82) is 0 Å². The summed E-state index contributed by atoms with van der Waals surface area (Å²) in [5.41, 5.74) is 0.871. The van der Waals surface area contributed by atoms with Crippen LogP contribution in [-0.2, 0) is 4.79 Å². The van der Waals surface area contributed by atoms with E-state index < -0.39 is 0 Å². The van der Waals surface area contributed by atoms with E-state index in [1.807, 2.05) is 49.2 Å². The van der Waals surface area contributed by atoms with Gasteiger partial charge in [0.15, 0.2) is 0 Å². The second kappa shape index (κ2) is 5.53. The van der Waals surface area contributed by atoms with E-state index in [0.29, 0.717) is 5.92 Å². The third kappa shape index (κ3) is 2.56. The standard InChI is InChI=1S/C17H22N2O2/c1-11-9-18-10-14(11)17(20)19(3)12(2)16-8-13-6-4-5-7-15(13)21-16/h4-8,11-12,14,18H,9-10H2,1-3H3. The number of fused-ring (bicyclic) bond motifs is 1. The van der Waals surface area contributed by atoms with Crippen LogP contribution in [0.3, 0.4) is 0 Å². The number of nitrogens with one attached hydrogen (secondary N) is 1. The van der Waals surface area contributed by atoms with Gasteiger partial charge in [0, 0.05) is 19.0 Å². The second-order valence-corrected chi connectivity index (χ2v) is 6.05. The number of carbonyl (C=O) groups is 1. The van der Waals surface area contributed by atoms with Crippen LogP contribution in [0, 0.1) is 11.8 Å². The summed E-state index contributed by atoms with van der Waals surface area (Å²) in [5.74, 6) is 1.50. The van der Waals surface area contributed by atoms with Crippen molar-refractivity contribution in [3.05, 3.63) is 36.1 Å². The molecule has 21 heavy (non-hydrogen) atoms. The van der Waals surface area contributed by atoms with E-state index in [2.05, 4.69) is 12.2 Å². The minimum absolute atomic E-state index is 0.0577. The Balaban J connectivity index is 1.80. The predicted molar refractivity (Wildman–Crippen MR) is 82.9 cm³/mol. The Hall–Kier alpha value is -1.81. The van der Waals surface area contributed by atoms with Crippen molar-refractivity contribution >= 4 is 16.9 Å². The molecule has 1 N–H and O–H groups in total. The first kappa shape index (κ1) is 14.1. The summed E-state index contributed by atoms with van der Waals surface area (Å²) in [6, 6.07) is 9.90. The lowest BCUT2D eigenvalue weighted by Gasteiger charge is -2.27. The molecular formula is C17H22N2O2. The fourth-order valence-electron chi connectivity index (χ4n) is 2.99. The van der Waals surface area contributed by atoms with Crippen LogP contribution in [0.1, 0.15) is 25.6 Å². The topological polar surface area (TPSA) is 45.5 Å². The molecule has 1 aromatic carbocycles. The molecular weight excluding hydrogens is 264 g/mol. The largest absolute Gasteiger partial charge is 0.459 e. The van der Waals surface area contributed by atoms with Crippen molar-refractivity contribution in [3.63, 3.8) is 0 Å². The van der Waals surface area contributed by atoms with Gasteiger partial charge in [-0.15, -0.1) is 0 Å². The first-order chi connectivity index (χ1) is 10.1. The maximum atomic E-state index is 12.6. The minimum Gasteiger partial charge on any atom is -0.459 e. The van der Waals surface area contributed by atoms with Crippen LogP contribution in [-0.4, -0.2) is 30.9 Å². The van der Waals surface area contributed by atoms with E-state index in [4.69, 9.17) is 4.42 Å². The molecule has 3 atom stereocenters. The monoisotopic (exact) mass is 286 g/mol. The number of para-hydroxylation sites is 1. The Morgan fingerprint density at radius 3 is 2.81 bits per heavy atom. The SMILES string of the molecule is CC1CNCC1C(=O)N(C)C(C)c1cc2ccccc2o1. The molecule has 1 amide bonds. The Bertz CT molecular complexity index is 616. The Kier molecular flexibility index (Phi) is 3.72. The normalized spacial score (nSPS) is 23.4. The van der Waals surface area contributed by atoms with E-state index in [1.165, 1.54) is 0 Å². The summed E-state index contributed by atoms with van der Waals surface area (Å²) < 4.78 is 5.88. The number of hydrogen-bond acceptors (Lipinski definition) is 3. The van der Waals surface area contributed by atoms with Crippen molar-refractivity contribution in [2.24, 2.45) is 11.8 Å². The number of rotatable bonds is 3. The lowest BCUT2D eigenvalue weighted by Crippen LogP contribution is -2.37. The number of furan rings is 1. The number of nitrogens with zero attached hydrogens (tertiary/aromatic N) is 1. The number of hydrogen-bond donors (Lipinski definition) is 1. The van der Waals surface area contributed by atoms with Gasteiger partial charge in [0.2, 0.25) is 5.91 Å². The number of amides is 1. The molecule has 0 spiro atoms. The van der Waals surface area contributed by atoms with Gasteiger partial charge in [-0.05, 0) is 31.5 Å². The van der Waals surface area contributed by atoms with Gasteiger partial charge in [-0.2, -0.15) is 0 Å². The molecule has 1 saturated heterocycles. The number of carbonyl (C=O) groups excluding carboxylic acids is 1. The molecule has 2 heterocycles. The summed E-state index contributed by atoms with van der Waals surface area (Å²) in [5, 5.41) is 4.37. The van der Waals surface area contributed by atoms with E-state index >= 15 is 0 Å². The van der Waals surface area contributed by atoms with E-state index in [1.54, 1.807) is 0 Å². The van der Waals surface area contributed by atoms with Gasteiger partial charge in [0.05, 0.1) is 12.0 Å². The highest BCUT2D eigenvalue weighted by Crippen LogP contribution is 2.28. The molecule has 3 rings (SSSR count). The van der Waals surface area contributed by atoms with E-state index in [9.17, 15) is 4.79 Å². The van der Waals surface area contributed by atoms with Gasteiger partial charge in [0.25, 0.3) is 0 Å². The molecule has 0 radical (unpaired) electrons. The summed E-state index contributed by atoms with van der Waals surface area (Å²) in [6.07, 6.45) is 0. The molecule has 2 aromatic rings. The Labute approximate surface area is 125 Å². The van der Waals surface area contributed by atoms with Gasteiger partial charge < -0.3 is 14.6 Å². The number of benzene rings is 1. The van der Waals surface area contributed by atoms with Crippen LogP contribution in [0.15, 0.2) is 34.7 Å². The molecule has 112 valence electrons. The molecule has 1 aliphatic rings. The zero-order valence-corrected chi connectivity index (χ0v) is 12.8. The van der Waals surface area contributed by atoms with Crippen molar-refractivity contribution in [3.8, 4) is 0 Å². The zero-order valence-electron chi connectivity index (χ0n) is 12.8. The van der Waals surface area contributed by atoms with E-state index in [-0.39, 0.29) is 17.9 Å². The van der Waals surface area contributed by atoms with Gasteiger partial charge in [-0.1, -0.05) is 25.1 Å². The summed E-state index contributed by atoms with van der Waals surface area (Å²) >= 11 is 0. The first-order valence-electron chi connectivity index (χ1n) is 7.54. The minimum atomic E-state index is -0.0577. The highest BCUT2D eigenvalue weighted by atomic mass is 16.3. The van der Waals surface area contributed by atoms with Crippen LogP contribution in [0.2, 0.25) is 0 Å². The molecule has 4 heteroatoms. The smallest absolute Gasteiger partial charge is 0.227 e. The molecule has 3 unspecified atom stereocenters. The maximum absolute atomic E-state index is 12.6. The predicted octanol–water partition coefficient (Wildman–Crippen LogP) is 2.81. The molecule has 0 aliphatic carbocycles. The first-order valence-corrected chi connectivity index (χ1v) is 7.54. The molecule has 4 nitrogen and oxygen atoms in total. The lowest BCUT2D eigenvalue weighted by atomic mass is 9.96. The van der Waals surface area contributed by atoms with Crippen LogP contribution in [0.25, 0.3) is 11.0 Å². The van der Waals surface area contributed by atoms with Crippen molar-refractivity contribution in [2.45, 2.75) is 19.9 Å². The van der Waals surface area contributed by atoms with Crippen molar-refractivity contribution < 1.29 is 9.21 Å². The van der Waals surface area contributed by atoms with Crippen LogP contribution in [0.5, 0.6) is 0 Å². The third-order valence-electron chi connectivity index (χ3n) is 4.62. The average molecular weight is 286 g/mol. The van der Waals surface area contributed by atoms with Gasteiger partial charge >= 0.3 is 0 Å². The summed E-state index contributed by atoms with van der Waals surface area (Å²) in [7, 11) is 1.87. The summed E-state index contributed by atoms with van der Waals surface area (Å²) in [4.78, 5) is 14.4.